The molecule has 9 heteroatoms. The first kappa shape index (κ1) is 48.5. The van der Waals surface area contributed by atoms with E-state index in [1.807, 2.05) is 14.7 Å². The van der Waals surface area contributed by atoms with Crippen molar-refractivity contribution in [1.29, 1.82) is 0 Å². The molecular weight excluding hydrogens is 727 g/mol. The third kappa shape index (κ3) is 13.2. The lowest BCUT2D eigenvalue weighted by Crippen LogP contribution is -2.49. The second kappa shape index (κ2) is 19.2. The maximum Gasteiger partial charge on any atom is 0.410 e. The molecule has 336 valence electrons. The SMILES string of the molecule is CC(C)(C)COC(=O)N1C2CCC1CC(C(C)(C)C)C2.CC(C)COC(=O)N1C2CCC1CC(C(C)(C)C)C2.CC(C)COC(=O)N1C2CCC1CC(C(C)(C)C)C2. The van der Waals surface area contributed by atoms with Crippen LogP contribution in [0.4, 0.5) is 14.4 Å². The maximum atomic E-state index is 12.4. The molecule has 6 bridgehead atoms. The van der Waals surface area contributed by atoms with E-state index in [0.29, 0.717) is 84.2 Å². The Bertz CT molecular complexity index is 1240. The number of carbonyl (C=O) groups is 3. The molecule has 6 unspecified atom stereocenters. The van der Waals surface area contributed by atoms with E-state index in [-0.39, 0.29) is 23.7 Å². The van der Waals surface area contributed by atoms with Crippen LogP contribution in [0, 0.1) is 51.2 Å². The van der Waals surface area contributed by atoms with Gasteiger partial charge in [-0.1, -0.05) is 111 Å². The number of amides is 3. The third-order valence-corrected chi connectivity index (χ3v) is 14.2. The molecule has 0 aromatic rings. The van der Waals surface area contributed by atoms with Crippen molar-refractivity contribution in [3.05, 3.63) is 0 Å². The van der Waals surface area contributed by atoms with E-state index in [9.17, 15) is 14.4 Å². The van der Waals surface area contributed by atoms with Crippen LogP contribution < -0.4 is 0 Å². The fraction of sp³-hybridized carbons (Fsp3) is 0.939. The molecule has 6 saturated heterocycles. The number of fused-ring (bicyclic) bond motifs is 6. The van der Waals surface area contributed by atoms with Gasteiger partial charge in [0.05, 0.1) is 19.8 Å². The number of piperidine rings is 3. The van der Waals surface area contributed by atoms with E-state index in [2.05, 4.69) is 111 Å². The summed E-state index contributed by atoms with van der Waals surface area (Å²) in [6, 6.07) is 2.49. The van der Waals surface area contributed by atoms with Crippen LogP contribution in [0.15, 0.2) is 0 Å². The van der Waals surface area contributed by atoms with Crippen LogP contribution >= 0.6 is 0 Å². The highest BCUT2D eigenvalue weighted by Crippen LogP contribution is 2.48. The molecule has 6 aliphatic heterocycles. The van der Waals surface area contributed by atoms with Gasteiger partial charge in [0.1, 0.15) is 0 Å². The summed E-state index contributed by atoms with van der Waals surface area (Å²) in [7, 11) is 0. The number of rotatable bonds is 5. The second-order valence-electron chi connectivity index (χ2n) is 24.5. The van der Waals surface area contributed by atoms with E-state index >= 15 is 0 Å². The van der Waals surface area contributed by atoms with Gasteiger partial charge in [0.15, 0.2) is 0 Å². The number of hydrogen-bond acceptors (Lipinski definition) is 6. The summed E-state index contributed by atoms with van der Waals surface area (Å²) in [5.41, 5.74) is 1.10. The predicted molar refractivity (Wildman–Crippen MR) is 236 cm³/mol. The van der Waals surface area contributed by atoms with Gasteiger partial charge in [-0.2, -0.15) is 0 Å². The fourth-order valence-electron chi connectivity index (χ4n) is 10.5. The van der Waals surface area contributed by atoms with Crippen LogP contribution in [0.2, 0.25) is 0 Å². The monoisotopic (exact) mass is 816 g/mol. The van der Waals surface area contributed by atoms with Crippen molar-refractivity contribution >= 4 is 18.3 Å². The highest BCUT2D eigenvalue weighted by atomic mass is 16.6. The minimum atomic E-state index is -0.0835. The maximum absolute atomic E-state index is 12.4. The van der Waals surface area contributed by atoms with Crippen molar-refractivity contribution in [3.8, 4) is 0 Å². The summed E-state index contributed by atoms with van der Waals surface area (Å²) >= 11 is 0. The first-order valence-electron chi connectivity index (χ1n) is 23.5. The van der Waals surface area contributed by atoms with Gasteiger partial charge in [0.25, 0.3) is 0 Å². The van der Waals surface area contributed by atoms with E-state index in [4.69, 9.17) is 14.2 Å². The lowest BCUT2D eigenvalue weighted by Gasteiger charge is -2.43. The lowest BCUT2D eigenvalue weighted by molar-refractivity contribution is 0.0227. The van der Waals surface area contributed by atoms with Gasteiger partial charge in [-0.25, -0.2) is 14.4 Å². The zero-order chi connectivity index (χ0) is 43.5. The molecule has 58 heavy (non-hydrogen) atoms. The molecule has 6 fully saturated rings. The van der Waals surface area contributed by atoms with Crippen molar-refractivity contribution in [3.63, 3.8) is 0 Å². The standard InChI is InChI=1S/C17H31NO2.2C16H29NO2/c1-16(2,3)11-20-15(19)18-13-7-8-14(18)10-12(9-13)17(4,5)6;2*1-11(2)10-19-15(18)17-13-6-7-14(17)9-12(8-13)16(3,4)5/h12-14H,7-11H2,1-6H3;2*11-14H,6-10H2,1-5H3. The van der Waals surface area contributed by atoms with E-state index in [1.165, 1.54) is 0 Å². The summed E-state index contributed by atoms with van der Waals surface area (Å²) in [4.78, 5) is 43.0. The van der Waals surface area contributed by atoms with Crippen molar-refractivity contribution in [2.75, 3.05) is 19.8 Å². The van der Waals surface area contributed by atoms with Gasteiger partial charge in [-0.3, -0.25) is 0 Å². The molecule has 6 aliphatic rings. The first-order valence-corrected chi connectivity index (χ1v) is 23.5. The predicted octanol–water partition coefficient (Wildman–Crippen LogP) is 12.6. The largest absolute Gasteiger partial charge is 0.449 e. The Hall–Kier alpha value is -2.19. The van der Waals surface area contributed by atoms with Gasteiger partial charge >= 0.3 is 18.3 Å². The molecule has 6 heterocycles. The fourth-order valence-corrected chi connectivity index (χ4v) is 10.5. The normalized spacial score (nSPS) is 30.7. The summed E-state index contributed by atoms with van der Waals surface area (Å²) in [6.07, 6.45) is 13.6. The summed E-state index contributed by atoms with van der Waals surface area (Å²) in [5.74, 6) is 3.02. The van der Waals surface area contributed by atoms with Crippen LogP contribution in [0.5, 0.6) is 0 Å². The van der Waals surface area contributed by atoms with E-state index in [1.54, 1.807) is 0 Å². The Morgan fingerprint density at radius 3 is 0.845 bits per heavy atom. The minimum Gasteiger partial charge on any atom is -0.449 e. The average Bonchev–Trinajstić information content (AvgIpc) is 3.63. The van der Waals surface area contributed by atoms with Crippen LogP contribution in [-0.4, -0.2) is 89.1 Å². The van der Waals surface area contributed by atoms with Crippen LogP contribution in [0.25, 0.3) is 0 Å². The lowest BCUT2D eigenvalue weighted by atomic mass is 9.73. The molecule has 0 aromatic heterocycles. The van der Waals surface area contributed by atoms with Crippen molar-refractivity contribution in [2.45, 2.75) is 224 Å². The molecule has 0 aromatic carbocycles. The Labute approximate surface area is 355 Å². The molecule has 0 saturated carbocycles. The van der Waals surface area contributed by atoms with Gasteiger partial charge in [0, 0.05) is 36.3 Å². The van der Waals surface area contributed by atoms with Crippen molar-refractivity contribution in [2.24, 2.45) is 51.2 Å². The second-order valence-corrected chi connectivity index (χ2v) is 24.5. The number of nitrogens with zero attached hydrogens (tertiary/aromatic N) is 3. The van der Waals surface area contributed by atoms with Crippen LogP contribution in [-0.2, 0) is 14.2 Å². The highest BCUT2D eigenvalue weighted by molar-refractivity contribution is 5.70. The van der Waals surface area contributed by atoms with Crippen molar-refractivity contribution in [1.82, 2.24) is 14.7 Å². The first-order chi connectivity index (χ1) is 26.7. The van der Waals surface area contributed by atoms with Crippen LogP contribution in [0.3, 0.4) is 0 Å². The quantitative estimate of drug-likeness (QED) is 0.257. The molecule has 3 amide bonds. The summed E-state index contributed by atoms with van der Waals surface area (Å²) in [5, 5.41) is 0. The minimum absolute atomic E-state index is 0.0401. The Morgan fingerprint density at radius 2 is 0.655 bits per heavy atom. The number of ether oxygens (including phenoxy) is 3. The van der Waals surface area contributed by atoms with Crippen molar-refractivity contribution < 1.29 is 28.6 Å². The Morgan fingerprint density at radius 1 is 0.431 bits per heavy atom. The molecule has 0 aliphatic carbocycles. The molecule has 6 atom stereocenters. The Kier molecular flexibility index (Phi) is 16.1. The average molecular weight is 816 g/mol. The van der Waals surface area contributed by atoms with Crippen LogP contribution in [0.1, 0.15) is 188 Å². The highest BCUT2D eigenvalue weighted by Gasteiger charge is 2.49. The number of hydrogen-bond donors (Lipinski definition) is 0. The molecule has 0 radical (unpaired) electrons. The Balaban J connectivity index is 0.000000193. The summed E-state index contributed by atoms with van der Waals surface area (Å²) < 4.78 is 16.4. The van der Waals surface area contributed by atoms with Gasteiger partial charge in [0.2, 0.25) is 0 Å². The van der Waals surface area contributed by atoms with Gasteiger partial charge < -0.3 is 28.9 Å². The number of carbonyl (C=O) groups excluding carboxylic acids is 3. The topological polar surface area (TPSA) is 88.6 Å². The zero-order valence-electron chi connectivity index (χ0n) is 40.2. The molecule has 0 N–H and O–H groups in total. The molecule has 0 spiro atoms. The molecule has 9 nitrogen and oxygen atoms in total. The van der Waals surface area contributed by atoms with E-state index in [0.717, 1.165) is 94.8 Å². The zero-order valence-corrected chi connectivity index (χ0v) is 40.2. The smallest absolute Gasteiger partial charge is 0.410 e. The van der Waals surface area contributed by atoms with Gasteiger partial charge in [-0.05, 0) is 128 Å². The van der Waals surface area contributed by atoms with E-state index < -0.39 is 0 Å². The summed E-state index contributed by atoms with van der Waals surface area (Å²) in [6.45, 7) is 37.1. The molecular formula is C49H89N3O6. The third-order valence-electron chi connectivity index (χ3n) is 14.2. The molecule has 6 rings (SSSR count). The van der Waals surface area contributed by atoms with Gasteiger partial charge in [-0.15, -0.1) is 0 Å².